The van der Waals surface area contributed by atoms with Crippen molar-refractivity contribution in [2.45, 2.75) is 26.2 Å². The molecule has 0 aliphatic carbocycles. The van der Waals surface area contributed by atoms with E-state index in [1.54, 1.807) is 0 Å². The minimum atomic E-state index is 0. The van der Waals surface area contributed by atoms with Crippen LogP contribution in [0.4, 0.5) is 0 Å². The van der Waals surface area contributed by atoms with Crippen LogP contribution in [-0.2, 0) is 6.42 Å². The highest BCUT2D eigenvalue weighted by Gasteiger charge is 2.15. The maximum absolute atomic E-state index is 4.90. The lowest BCUT2D eigenvalue weighted by Gasteiger charge is -2.03. The summed E-state index contributed by atoms with van der Waals surface area (Å²) < 4.78 is 4.90. The lowest BCUT2D eigenvalue weighted by atomic mass is 10.0. The number of hydrogen-bond donors (Lipinski definition) is 1. The molecule has 5 heteroatoms. The van der Waals surface area contributed by atoms with Crippen molar-refractivity contribution in [2.24, 2.45) is 5.92 Å². The Morgan fingerprint density at radius 2 is 2.43 bits per heavy atom. The highest BCUT2D eigenvalue weighted by molar-refractivity contribution is 5.85. The lowest BCUT2D eigenvalue weighted by molar-refractivity contribution is 0.385. The van der Waals surface area contributed by atoms with E-state index in [0.29, 0.717) is 5.89 Å². The molecule has 80 valence electrons. The summed E-state index contributed by atoms with van der Waals surface area (Å²) in [6.07, 6.45) is 3.41. The monoisotopic (exact) mass is 217 g/mol. The summed E-state index contributed by atoms with van der Waals surface area (Å²) in [5.41, 5.74) is 0. The average molecular weight is 218 g/mol. The van der Waals surface area contributed by atoms with E-state index in [4.69, 9.17) is 4.52 Å². The first-order valence-corrected chi connectivity index (χ1v) is 4.84. The van der Waals surface area contributed by atoms with E-state index in [2.05, 4.69) is 15.5 Å². The summed E-state index contributed by atoms with van der Waals surface area (Å²) in [5, 5.41) is 7.22. The van der Waals surface area contributed by atoms with Crippen LogP contribution >= 0.6 is 12.4 Å². The van der Waals surface area contributed by atoms with Gasteiger partial charge in [-0.1, -0.05) is 5.16 Å². The second-order valence-corrected chi connectivity index (χ2v) is 3.63. The zero-order valence-corrected chi connectivity index (χ0v) is 9.14. The molecule has 0 aromatic carbocycles. The fourth-order valence-corrected chi connectivity index (χ4v) is 1.74. The van der Waals surface area contributed by atoms with Gasteiger partial charge in [-0.3, -0.25) is 0 Å². The number of rotatable bonds is 3. The zero-order chi connectivity index (χ0) is 9.10. The molecule has 0 saturated carbocycles. The number of hydrogen-bond acceptors (Lipinski definition) is 4. The van der Waals surface area contributed by atoms with Crippen molar-refractivity contribution >= 4 is 12.4 Å². The van der Waals surface area contributed by atoms with Crippen molar-refractivity contribution in [1.29, 1.82) is 0 Å². The standard InChI is InChI=1S/C9H15N3O.ClH/c1-7-11-9(12-13-7)3-2-8-4-5-10-6-8;/h8,10H,2-6H2,1H3;1H. The Morgan fingerprint density at radius 1 is 1.57 bits per heavy atom. The normalized spacial score (nSPS) is 20.8. The van der Waals surface area contributed by atoms with Crippen LogP contribution in [0.15, 0.2) is 4.52 Å². The largest absolute Gasteiger partial charge is 0.340 e. The van der Waals surface area contributed by atoms with Crippen LogP contribution in [0.3, 0.4) is 0 Å². The van der Waals surface area contributed by atoms with E-state index in [-0.39, 0.29) is 12.4 Å². The molecule has 1 aliphatic heterocycles. The Morgan fingerprint density at radius 3 is 3.00 bits per heavy atom. The van der Waals surface area contributed by atoms with E-state index in [1.165, 1.54) is 12.8 Å². The third-order valence-electron chi connectivity index (χ3n) is 2.51. The first kappa shape index (κ1) is 11.5. The molecule has 14 heavy (non-hydrogen) atoms. The van der Waals surface area contributed by atoms with Crippen molar-refractivity contribution in [3.05, 3.63) is 11.7 Å². The van der Waals surface area contributed by atoms with Gasteiger partial charge in [0.2, 0.25) is 5.89 Å². The number of nitrogens with zero attached hydrogens (tertiary/aromatic N) is 2. The van der Waals surface area contributed by atoms with Crippen LogP contribution in [0.5, 0.6) is 0 Å². The van der Waals surface area contributed by atoms with Gasteiger partial charge in [-0.05, 0) is 31.8 Å². The Hall–Kier alpha value is -0.610. The molecule has 1 unspecified atom stereocenters. The number of aromatic nitrogens is 2. The first-order valence-electron chi connectivity index (χ1n) is 4.84. The molecular weight excluding hydrogens is 202 g/mol. The van der Waals surface area contributed by atoms with Gasteiger partial charge in [0.25, 0.3) is 0 Å². The third-order valence-corrected chi connectivity index (χ3v) is 2.51. The van der Waals surface area contributed by atoms with E-state index in [0.717, 1.165) is 31.3 Å². The molecule has 4 nitrogen and oxygen atoms in total. The molecule has 1 saturated heterocycles. The Kier molecular flexibility index (Phi) is 4.35. The minimum absolute atomic E-state index is 0. The second kappa shape index (κ2) is 5.32. The van der Waals surface area contributed by atoms with Crippen molar-refractivity contribution in [2.75, 3.05) is 13.1 Å². The molecule has 0 amide bonds. The van der Waals surface area contributed by atoms with Gasteiger partial charge in [0.1, 0.15) is 0 Å². The summed E-state index contributed by atoms with van der Waals surface area (Å²) in [5.74, 6) is 2.32. The van der Waals surface area contributed by atoms with Gasteiger partial charge in [0.05, 0.1) is 0 Å². The summed E-state index contributed by atoms with van der Waals surface area (Å²) in [7, 11) is 0. The predicted molar refractivity (Wildman–Crippen MR) is 55.6 cm³/mol. The van der Waals surface area contributed by atoms with Crippen LogP contribution < -0.4 is 5.32 Å². The van der Waals surface area contributed by atoms with Gasteiger partial charge in [-0.2, -0.15) is 4.98 Å². The quantitative estimate of drug-likeness (QED) is 0.831. The minimum Gasteiger partial charge on any atom is -0.340 e. The van der Waals surface area contributed by atoms with E-state index in [1.807, 2.05) is 6.92 Å². The molecule has 0 radical (unpaired) electrons. The molecule has 2 rings (SSSR count). The number of nitrogens with one attached hydrogen (secondary N) is 1. The van der Waals surface area contributed by atoms with E-state index >= 15 is 0 Å². The Balaban J connectivity index is 0.000000980. The Bertz CT molecular complexity index is 271. The SMILES string of the molecule is Cc1nc(CCC2CCNC2)no1.Cl. The van der Waals surface area contributed by atoms with Crippen LogP contribution in [0.2, 0.25) is 0 Å². The first-order chi connectivity index (χ1) is 6.34. The maximum Gasteiger partial charge on any atom is 0.223 e. The molecule has 1 fully saturated rings. The molecule has 1 aromatic heterocycles. The summed E-state index contributed by atoms with van der Waals surface area (Å²) in [4.78, 5) is 4.17. The van der Waals surface area contributed by atoms with E-state index in [9.17, 15) is 0 Å². The van der Waals surface area contributed by atoms with Crippen molar-refractivity contribution < 1.29 is 4.52 Å². The zero-order valence-electron chi connectivity index (χ0n) is 8.32. The highest BCUT2D eigenvalue weighted by atomic mass is 35.5. The van der Waals surface area contributed by atoms with Crippen LogP contribution in [-0.4, -0.2) is 23.2 Å². The lowest BCUT2D eigenvalue weighted by Crippen LogP contribution is -2.09. The van der Waals surface area contributed by atoms with Gasteiger partial charge >= 0.3 is 0 Å². The molecule has 0 spiro atoms. The average Bonchev–Trinajstić information content (AvgIpc) is 2.71. The fraction of sp³-hybridized carbons (Fsp3) is 0.778. The molecule has 1 atom stereocenters. The molecule has 2 heterocycles. The van der Waals surface area contributed by atoms with Gasteiger partial charge in [-0.15, -0.1) is 12.4 Å². The predicted octanol–water partition coefficient (Wildman–Crippen LogP) is 1.34. The summed E-state index contributed by atoms with van der Waals surface area (Å²) >= 11 is 0. The van der Waals surface area contributed by atoms with Crippen LogP contribution in [0.1, 0.15) is 24.6 Å². The number of aryl methyl sites for hydroxylation is 2. The Labute approximate surface area is 89.9 Å². The van der Waals surface area contributed by atoms with Crippen molar-refractivity contribution in [3.63, 3.8) is 0 Å². The van der Waals surface area contributed by atoms with Crippen molar-refractivity contribution in [3.8, 4) is 0 Å². The van der Waals surface area contributed by atoms with Gasteiger partial charge in [0.15, 0.2) is 5.82 Å². The maximum atomic E-state index is 4.90. The molecule has 1 aliphatic rings. The van der Waals surface area contributed by atoms with Gasteiger partial charge in [-0.25, -0.2) is 0 Å². The summed E-state index contributed by atoms with van der Waals surface area (Å²) in [6, 6.07) is 0. The molecule has 1 aromatic rings. The molecule has 1 N–H and O–H groups in total. The smallest absolute Gasteiger partial charge is 0.223 e. The molecule has 0 bridgehead atoms. The topological polar surface area (TPSA) is 51.0 Å². The molecular formula is C9H16ClN3O. The second-order valence-electron chi connectivity index (χ2n) is 3.63. The van der Waals surface area contributed by atoms with Gasteiger partial charge in [0, 0.05) is 13.3 Å². The summed E-state index contributed by atoms with van der Waals surface area (Å²) in [6.45, 7) is 4.14. The van der Waals surface area contributed by atoms with Crippen LogP contribution in [0.25, 0.3) is 0 Å². The third kappa shape index (κ3) is 2.96. The van der Waals surface area contributed by atoms with Gasteiger partial charge < -0.3 is 9.84 Å². The van der Waals surface area contributed by atoms with Crippen molar-refractivity contribution in [1.82, 2.24) is 15.5 Å². The number of halogens is 1. The fourth-order valence-electron chi connectivity index (χ4n) is 1.74. The highest BCUT2D eigenvalue weighted by Crippen LogP contribution is 2.14. The van der Waals surface area contributed by atoms with Crippen LogP contribution in [0, 0.1) is 12.8 Å². The van der Waals surface area contributed by atoms with E-state index < -0.39 is 0 Å².